The molecule has 2 rings (SSSR count). The molecule has 0 aromatic heterocycles. The summed E-state index contributed by atoms with van der Waals surface area (Å²) in [4.78, 5) is 4.23. The maximum absolute atomic E-state index is 9.66. The molecule has 27 heavy (non-hydrogen) atoms. The second-order valence-corrected chi connectivity index (χ2v) is 6.23. The van der Waals surface area contributed by atoms with E-state index in [4.69, 9.17) is 9.47 Å². The molecule has 0 saturated heterocycles. The average Bonchev–Trinajstić information content (AvgIpc) is 2.71. The monoisotopic (exact) mass is 371 g/mol. The molecule has 146 valence electrons. The normalized spacial score (nSPS) is 13.6. The molecule has 0 saturated carbocycles. The number of aliphatic hydroxyl groups excluding tert-OH is 1. The van der Waals surface area contributed by atoms with Crippen LogP contribution in [-0.2, 0) is 0 Å². The molecule has 0 fully saturated rings. The molecule has 0 bridgehead atoms. The molecule has 0 heterocycles. The Morgan fingerprint density at radius 1 is 1.04 bits per heavy atom. The molecule has 0 amide bonds. The van der Waals surface area contributed by atoms with Gasteiger partial charge in [0, 0.05) is 25.6 Å². The van der Waals surface area contributed by atoms with Crippen molar-refractivity contribution in [2.75, 3.05) is 33.9 Å². The van der Waals surface area contributed by atoms with Crippen molar-refractivity contribution >= 4 is 5.96 Å². The molecule has 2 atom stereocenters. The number of nitrogens with zero attached hydrogens (tertiary/aromatic N) is 1. The van der Waals surface area contributed by atoms with Crippen molar-refractivity contribution in [3.05, 3.63) is 60.2 Å². The van der Waals surface area contributed by atoms with Gasteiger partial charge < -0.3 is 25.2 Å². The summed E-state index contributed by atoms with van der Waals surface area (Å²) >= 11 is 0. The Bertz CT molecular complexity index is 707. The molecule has 0 spiro atoms. The van der Waals surface area contributed by atoms with Crippen LogP contribution in [0.3, 0.4) is 0 Å². The molecular formula is C21H29N3O3. The lowest BCUT2D eigenvalue weighted by Gasteiger charge is -2.20. The summed E-state index contributed by atoms with van der Waals surface area (Å²) in [5.41, 5.74) is 1.10. The zero-order valence-electron chi connectivity index (χ0n) is 16.2. The fraction of sp³-hybridized carbons (Fsp3) is 0.381. The SMILES string of the molecule is CN=C(NCC(C)Oc1cccc(OC)c1)NCC(CO)c1ccccc1. The molecule has 2 unspecified atom stereocenters. The third-order valence-corrected chi connectivity index (χ3v) is 4.17. The van der Waals surface area contributed by atoms with E-state index in [0.717, 1.165) is 17.1 Å². The second kappa shape index (κ2) is 11.1. The van der Waals surface area contributed by atoms with Crippen LogP contribution in [0.2, 0.25) is 0 Å². The topological polar surface area (TPSA) is 75.1 Å². The van der Waals surface area contributed by atoms with E-state index in [-0.39, 0.29) is 18.6 Å². The Hall–Kier alpha value is -2.73. The molecule has 2 aromatic rings. The van der Waals surface area contributed by atoms with E-state index in [9.17, 15) is 5.11 Å². The minimum atomic E-state index is -0.0570. The molecule has 2 aromatic carbocycles. The Labute approximate surface area is 161 Å². The van der Waals surface area contributed by atoms with Crippen molar-refractivity contribution in [2.45, 2.75) is 18.9 Å². The third kappa shape index (κ3) is 6.83. The number of rotatable bonds is 9. The fourth-order valence-corrected chi connectivity index (χ4v) is 2.64. The summed E-state index contributed by atoms with van der Waals surface area (Å²) in [6.07, 6.45) is -0.0570. The minimum absolute atomic E-state index is 0.00945. The lowest BCUT2D eigenvalue weighted by Crippen LogP contribution is -2.43. The highest BCUT2D eigenvalue weighted by molar-refractivity contribution is 5.79. The number of ether oxygens (including phenoxy) is 2. The number of nitrogens with one attached hydrogen (secondary N) is 2. The summed E-state index contributed by atoms with van der Waals surface area (Å²) in [6.45, 7) is 3.24. The van der Waals surface area contributed by atoms with Gasteiger partial charge in [-0.05, 0) is 24.6 Å². The van der Waals surface area contributed by atoms with Crippen LogP contribution in [0.1, 0.15) is 18.4 Å². The highest BCUT2D eigenvalue weighted by Crippen LogP contribution is 2.19. The quantitative estimate of drug-likeness (QED) is 0.466. The molecule has 0 aliphatic heterocycles. The van der Waals surface area contributed by atoms with E-state index < -0.39 is 0 Å². The number of benzene rings is 2. The van der Waals surface area contributed by atoms with Crippen molar-refractivity contribution in [3.8, 4) is 11.5 Å². The first kappa shape index (κ1) is 20.6. The van der Waals surface area contributed by atoms with Crippen molar-refractivity contribution in [2.24, 2.45) is 4.99 Å². The van der Waals surface area contributed by atoms with Gasteiger partial charge in [0.2, 0.25) is 0 Å². The highest BCUT2D eigenvalue weighted by atomic mass is 16.5. The number of aliphatic hydroxyl groups is 1. The lowest BCUT2D eigenvalue weighted by molar-refractivity contribution is 0.222. The van der Waals surface area contributed by atoms with Crippen LogP contribution in [0, 0.1) is 0 Å². The molecular weight excluding hydrogens is 342 g/mol. The van der Waals surface area contributed by atoms with Crippen LogP contribution in [0.5, 0.6) is 11.5 Å². The molecule has 0 aliphatic rings. The molecule has 0 aliphatic carbocycles. The molecule has 6 heteroatoms. The zero-order valence-corrected chi connectivity index (χ0v) is 16.2. The predicted molar refractivity (Wildman–Crippen MR) is 109 cm³/mol. The van der Waals surface area contributed by atoms with Gasteiger partial charge >= 0.3 is 0 Å². The summed E-state index contributed by atoms with van der Waals surface area (Å²) in [5, 5.41) is 16.2. The summed E-state index contributed by atoms with van der Waals surface area (Å²) in [7, 11) is 3.36. The van der Waals surface area contributed by atoms with E-state index >= 15 is 0 Å². The van der Waals surface area contributed by atoms with Crippen molar-refractivity contribution in [1.29, 1.82) is 0 Å². The predicted octanol–water partition coefficient (Wildman–Crippen LogP) is 2.40. The highest BCUT2D eigenvalue weighted by Gasteiger charge is 2.12. The average molecular weight is 371 g/mol. The Morgan fingerprint density at radius 3 is 2.41 bits per heavy atom. The van der Waals surface area contributed by atoms with Gasteiger partial charge in [0.05, 0.1) is 20.3 Å². The Morgan fingerprint density at radius 2 is 1.74 bits per heavy atom. The molecule has 0 radical (unpaired) electrons. The lowest BCUT2D eigenvalue weighted by atomic mass is 10.0. The smallest absolute Gasteiger partial charge is 0.191 e. The summed E-state index contributed by atoms with van der Waals surface area (Å²) in [6, 6.07) is 17.5. The number of hydrogen-bond donors (Lipinski definition) is 3. The second-order valence-electron chi connectivity index (χ2n) is 6.23. The van der Waals surface area contributed by atoms with E-state index in [1.165, 1.54) is 0 Å². The maximum atomic E-state index is 9.66. The van der Waals surface area contributed by atoms with Crippen molar-refractivity contribution in [1.82, 2.24) is 10.6 Å². The van der Waals surface area contributed by atoms with Gasteiger partial charge in [0.25, 0.3) is 0 Å². The first-order chi connectivity index (χ1) is 13.2. The van der Waals surface area contributed by atoms with E-state index in [2.05, 4.69) is 15.6 Å². The largest absolute Gasteiger partial charge is 0.497 e. The standard InChI is InChI=1S/C21H29N3O3/c1-16(27-20-11-7-10-19(12-20)26-3)13-23-21(22-2)24-14-18(15-25)17-8-5-4-6-9-17/h4-12,16,18,25H,13-15H2,1-3H3,(H2,22,23,24). The van der Waals surface area contributed by atoms with Crippen LogP contribution in [-0.4, -0.2) is 51.0 Å². The van der Waals surface area contributed by atoms with Gasteiger partial charge in [0.15, 0.2) is 5.96 Å². The van der Waals surface area contributed by atoms with Gasteiger partial charge in [-0.3, -0.25) is 4.99 Å². The van der Waals surface area contributed by atoms with Crippen LogP contribution in [0.4, 0.5) is 0 Å². The minimum Gasteiger partial charge on any atom is -0.497 e. The van der Waals surface area contributed by atoms with Gasteiger partial charge in [-0.15, -0.1) is 0 Å². The fourth-order valence-electron chi connectivity index (χ4n) is 2.64. The molecule has 6 nitrogen and oxygen atoms in total. The van der Waals surface area contributed by atoms with Gasteiger partial charge in [-0.2, -0.15) is 0 Å². The van der Waals surface area contributed by atoms with Crippen LogP contribution in [0.25, 0.3) is 0 Å². The third-order valence-electron chi connectivity index (χ3n) is 4.17. The van der Waals surface area contributed by atoms with Gasteiger partial charge in [-0.1, -0.05) is 36.4 Å². The van der Waals surface area contributed by atoms with E-state index in [0.29, 0.717) is 19.0 Å². The van der Waals surface area contributed by atoms with Gasteiger partial charge in [0.1, 0.15) is 17.6 Å². The Kier molecular flexibility index (Phi) is 8.45. The van der Waals surface area contributed by atoms with Gasteiger partial charge in [-0.25, -0.2) is 0 Å². The number of methoxy groups -OCH3 is 1. The van der Waals surface area contributed by atoms with E-state index in [1.807, 2.05) is 61.5 Å². The summed E-state index contributed by atoms with van der Waals surface area (Å²) in [5.74, 6) is 2.21. The molecule has 3 N–H and O–H groups in total. The number of hydrogen-bond acceptors (Lipinski definition) is 4. The van der Waals surface area contributed by atoms with Crippen molar-refractivity contribution < 1.29 is 14.6 Å². The number of aliphatic imine (C=N–C) groups is 1. The summed E-state index contributed by atoms with van der Waals surface area (Å²) < 4.78 is 11.1. The van der Waals surface area contributed by atoms with Crippen LogP contribution in [0.15, 0.2) is 59.6 Å². The first-order valence-corrected chi connectivity index (χ1v) is 9.07. The number of guanidine groups is 1. The van der Waals surface area contributed by atoms with Crippen LogP contribution >= 0.6 is 0 Å². The zero-order chi connectivity index (χ0) is 19.5. The maximum Gasteiger partial charge on any atom is 0.191 e. The van der Waals surface area contributed by atoms with Crippen molar-refractivity contribution in [3.63, 3.8) is 0 Å². The van der Waals surface area contributed by atoms with E-state index in [1.54, 1.807) is 14.2 Å². The Balaban J connectivity index is 1.80. The van der Waals surface area contributed by atoms with Crippen LogP contribution < -0.4 is 20.1 Å². The first-order valence-electron chi connectivity index (χ1n) is 9.07.